The summed E-state index contributed by atoms with van der Waals surface area (Å²) in [6, 6.07) is 0. The van der Waals surface area contributed by atoms with Crippen LogP contribution in [0.4, 0.5) is 0 Å². The largest absolute Gasteiger partial charge is 0.321 e. The van der Waals surface area contributed by atoms with Gasteiger partial charge < -0.3 is 4.57 Å². The molecule has 0 N–H and O–H groups in total. The lowest BCUT2D eigenvalue weighted by Crippen LogP contribution is -2.20. The lowest BCUT2D eigenvalue weighted by molar-refractivity contribution is 0.528. The highest BCUT2D eigenvalue weighted by Crippen LogP contribution is 2.15. The molecule has 0 bridgehead atoms. The number of hydrogen-bond acceptors (Lipinski definition) is 3. The molecule has 5 heteroatoms. The van der Waals surface area contributed by atoms with Gasteiger partial charge >= 0.3 is 0 Å². The summed E-state index contributed by atoms with van der Waals surface area (Å²) < 4.78 is 24.1. The minimum Gasteiger partial charge on any atom is -0.321 e. The fourth-order valence-corrected chi connectivity index (χ4v) is 2.58. The van der Waals surface area contributed by atoms with Crippen LogP contribution in [-0.2, 0) is 16.4 Å². The van der Waals surface area contributed by atoms with Gasteiger partial charge in [-0.3, -0.25) is 0 Å². The minimum atomic E-state index is -3.08. The molecule has 0 unspecified atom stereocenters. The highest BCUT2D eigenvalue weighted by atomic mass is 32.2. The van der Waals surface area contributed by atoms with Crippen LogP contribution in [0.3, 0.4) is 0 Å². The second-order valence-electron chi connectivity index (χ2n) is 2.52. The van der Waals surface area contributed by atoms with E-state index < -0.39 is 9.84 Å². The van der Waals surface area contributed by atoms with Gasteiger partial charge in [-0.1, -0.05) is 0 Å². The van der Waals surface area contributed by atoms with Crippen molar-refractivity contribution >= 4 is 9.84 Å². The molecular formula is C6H7N2O2S. The molecule has 59 valence electrons. The Morgan fingerprint density at radius 2 is 2.45 bits per heavy atom. The fourth-order valence-electron chi connectivity index (χ4n) is 1.20. The average Bonchev–Trinajstić information content (AvgIpc) is 2.34. The zero-order chi connectivity index (χ0) is 7.90. The van der Waals surface area contributed by atoms with E-state index in [9.17, 15) is 8.42 Å². The smallest absolute Gasteiger partial charge is 0.228 e. The third-order valence-electron chi connectivity index (χ3n) is 1.71. The first kappa shape index (κ1) is 6.84. The molecule has 1 aliphatic rings. The van der Waals surface area contributed by atoms with Gasteiger partial charge in [0.2, 0.25) is 15.0 Å². The number of nitrogens with zero attached hydrogens (tertiary/aromatic N) is 2. The molecule has 1 radical (unpaired) electrons. The Kier molecular flexibility index (Phi) is 1.29. The standard InChI is InChI=1S/C6H7N2O2S/c9-11(10)5-1-3-8-4-2-7-6(8)11/h4H,1,3,5H2. The van der Waals surface area contributed by atoms with E-state index in [0.29, 0.717) is 6.42 Å². The molecule has 0 spiro atoms. The normalized spacial score (nSPS) is 21.1. The predicted molar refractivity (Wildman–Crippen MR) is 37.7 cm³/mol. The van der Waals surface area contributed by atoms with Crippen molar-refractivity contribution in [2.45, 2.75) is 18.1 Å². The second-order valence-corrected chi connectivity index (χ2v) is 4.52. The van der Waals surface area contributed by atoms with Gasteiger partial charge in [0.05, 0.1) is 5.75 Å². The van der Waals surface area contributed by atoms with Gasteiger partial charge in [-0.15, -0.1) is 0 Å². The van der Waals surface area contributed by atoms with Crippen molar-refractivity contribution in [3.63, 3.8) is 0 Å². The van der Waals surface area contributed by atoms with E-state index in [1.165, 1.54) is 0 Å². The summed E-state index contributed by atoms with van der Waals surface area (Å²) >= 11 is 0. The molecule has 0 saturated heterocycles. The van der Waals surface area contributed by atoms with Gasteiger partial charge in [-0.2, -0.15) is 0 Å². The first-order valence-corrected chi connectivity index (χ1v) is 5.01. The monoisotopic (exact) mass is 171 g/mol. The zero-order valence-corrected chi connectivity index (χ0v) is 6.63. The number of aromatic nitrogens is 2. The number of imidazole rings is 1. The van der Waals surface area contributed by atoms with Gasteiger partial charge in [0.15, 0.2) is 0 Å². The summed E-state index contributed by atoms with van der Waals surface area (Å²) in [6.45, 7) is 0.741. The zero-order valence-electron chi connectivity index (χ0n) is 5.82. The minimum absolute atomic E-state index is 0.170. The third kappa shape index (κ3) is 0.956. The Balaban J connectivity index is 2.66. The van der Waals surface area contributed by atoms with E-state index in [1.54, 1.807) is 10.8 Å². The van der Waals surface area contributed by atoms with E-state index in [1.807, 2.05) is 0 Å². The van der Waals surface area contributed by atoms with Crippen LogP contribution in [0.15, 0.2) is 11.4 Å². The summed E-state index contributed by atoms with van der Waals surface area (Å²) in [6.07, 6.45) is 4.79. The third-order valence-corrected chi connectivity index (χ3v) is 3.42. The van der Waals surface area contributed by atoms with Crippen LogP contribution < -0.4 is 0 Å². The highest BCUT2D eigenvalue weighted by molar-refractivity contribution is 7.91. The molecule has 0 saturated carbocycles. The van der Waals surface area contributed by atoms with Crippen LogP contribution in [-0.4, -0.2) is 23.7 Å². The van der Waals surface area contributed by atoms with Crippen molar-refractivity contribution in [1.29, 1.82) is 0 Å². The summed E-state index contributed by atoms with van der Waals surface area (Å²) in [5.41, 5.74) is 0. The number of sulfone groups is 1. The quantitative estimate of drug-likeness (QED) is 0.546. The van der Waals surface area contributed by atoms with Gasteiger partial charge in [-0.25, -0.2) is 13.4 Å². The van der Waals surface area contributed by atoms with Crippen molar-refractivity contribution in [3.05, 3.63) is 12.4 Å². The topological polar surface area (TPSA) is 52.0 Å². The fraction of sp³-hybridized carbons (Fsp3) is 0.500. The molecule has 0 aliphatic carbocycles. The number of aryl methyl sites for hydroxylation is 1. The van der Waals surface area contributed by atoms with Crippen molar-refractivity contribution in [2.24, 2.45) is 0 Å². The van der Waals surface area contributed by atoms with E-state index >= 15 is 0 Å². The first-order valence-electron chi connectivity index (χ1n) is 3.36. The molecule has 1 aromatic rings. The lowest BCUT2D eigenvalue weighted by atomic mass is 10.5. The van der Waals surface area contributed by atoms with E-state index in [0.717, 1.165) is 6.54 Å². The summed E-state index contributed by atoms with van der Waals surface area (Å²) in [5, 5.41) is 0.170. The van der Waals surface area contributed by atoms with Crippen LogP contribution in [0, 0.1) is 6.20 Å². The van der Waals surface area contributed by atoms with Crippen LogP contribution in [0.2, 0.25) is 0 Å². The Morgan fingerprint density at radius 3 is 3.18 bits per heavy atom. The number of fused-ring (bicyclic) bond motifs is 1. The second kappa shape index (κ2) is 2.07. The maximum Gasteiger partial charge on any atom is 0.228 e. The van der Waals surface area contributed by atoms with Crippen LogP contribution in [0.5, 0.6) is 0 Å². The molecule has 0 fully saturated rings. The molecule has 0 aromatic carbocycles. The SMILES string of the molecule is O=S1(=O)CCCn2c[c]nc21. The molecular weight excluding hydrogens is 164 g/mol. The summed E-state index contributed by atoms with van der Waals surface area (Å²) in [5.74, 6) is 0.220. The highest BCUT2D eigenvalue weighted by Gasteiger charge is 2.24. The van der Waals surface area contributed by atoms with Crippen LogP contribution in [0.25, 0.3) is 0 Å². The van der Waals surface area contributed by atoms with Crippen LogP contribution in [0.1, 0.15) is 6.42 Å². The molecule has 2 rings (SSSR count). The molecule has 0 atom stereocenters. The molecule has 11 heavy (non-hydrogen) atoms. The number of hydrogen-bond donors (Lipinski definition) is 0. The lowest BCUT2D eigenvalue weighted by Gasteiger charge is -2.12. The van der Waals surface area contributed by atoms with E-state index in [4.69, 9.17) is 0 Å². The van der Waals surface area contributed by atoms with E-state index in [2.05, 4.69) is 11.2 Å². The summed E-state index contributed by atoms with van der Waals surface area (Å²) in [4.78, 5) is 3.66. The van der Waals surface area contributed by atoms with Gasteiger partial charge in [0.1, 0.15) is 6.20 Å². The maximum atomic E-state index is 11.2. The summed E-state index contributed by atoms with van der Waals surface area (Å²) in [7, 11) is -3.08. The Bertz CT molecular complexity index is 366. The molecule has 4 nitrogen and oxygen atoms in total. The molecule has 0 amide bonds. The van der Waals surface area contributed by atoms with Crippen molar-refractivity contribution < 1.29 is 8.42 Å². The van der Waals surface area contributed by atoms with E-state index in [-0.39, 0.29) is 10.9 Å². The molecule has 2 heterocycles. The Labute approximate surface area is 64.8 Å². The predicted octanol–water partition coefficient (Wildman–Crippen LogP) is -0.139. The Morgan fingerprint density at radius 1 is 1.64 bits per heavy atom. The van der Waals surface area contributed by atoms with Gasteiger partial charge in [0.25, 0.3) is 0 Å². The maximum absolute atomic E-state index is 11.2. The van der Waals surface area contributed by atoms with Gasteiger partial charge in [-0.05, 0) is 6.42 Å². The first-order chi connectivity index (χ1) is 5.20. The van der Waals surface area contributed by atoms with Crippen molar-refractivity contribution in [1.82, 2.24) is 9.55 Å². The van der Waals surface area contributed by atoms with Gasteiger partial charge in [0, 0.05) is 12.7 Å². The van der Waals surface area contributed by atoms with Crippen molar-refractivity contribution in [2.75, 3.05) is 5.75 Å². The molecule has 1 aliphatic heterocycles. The average molecular weight is 171 g/mol. The number of rotatable bonds is 0. The van der Waals surface area contributed by atoms with Crippen LogP contribution >= 0.6 is 0 Å². The van der Waals surface area contributed by atoms with Crippen molar-refractivity contribution in [3.8, 4) is 0 Å². The molecule has 1 aromatic heterocycles. The Hall–Kier alpha value is -0.840.